The second kappa shape index (κ2) is 6.09. The second-order valence-electron chi connectivity index (χ2n) is 7.15. The van der Waals surface area contributed by atoms with Crippen LogP contribution < -0.4 is 10.1 Å². The van der Waals surface area contributed by atoms with Gasteiger partial charge >= 0.3 is 0 Å². The first-order valence-corrected chi connectivity index (χ1v) is 9.91. The van der Waals surface area contributed by atoms with Gasteiger partial charge in [0, 0.05) is 42.1 Å². The first-order chi connectivity index (χ1) is 12.7. The van der Waals surface area contributed by atoms with Crippen LogP contribution in [0.15, 0.2) is 30.0 Å². The van der Waals surface area contributed by atoms with Gasteiger partial charge in [-0.15, -0.1) is 11.3 Å². The summed E-state index contributed by atoms with van der Waals surface area (Å²) in [5, 5.41) is 5.83. The van der Waals surface area contributed by atoms with Gasteiger partial charge < -0.3 is 14.6 Å². The molecule has 0 radical (unpaired) electrons. The molecule has 134 valence electrons. The predicted molar refractivity (Wildman–Crippen MR) is 100 cm³/mol. The summed E-state index contributed by atoms with van der Waals surface area (Å²) in [5.74, 6) is 1.14. The van der Waals surface area contributed by atoms with Crippen molar-refractivity contribution in [3.63, 3.8) is 0 Å². The van der Waals surface area contributed by atoms with Gasteiger partial charge in [0.2, 0.25) is 5.91 Å². The minimum Gasteiger partial charge on any atom is -0.488 e. The van der Waals surface area contributed by atoms with Crippen molar-refractivity contribution in [1.29, 1.82) is 0 Å². The van der Waals surface area contributed by atoms with Crippen LogP contribution in [0.1, 0.15) is 32.2 Å². The molecule has 5 rings (SSSR count). The van der Waals surface area contributed by atoms with E-state index in [0.29, 0.717) is 19.0 Å². The molecule has 1 saturated heterocycles. The summed E-state index contributed by atoms with van der Waals surface area (Å²) < 4.78 is 8.64. The van der Waals surface area contributed by atoms with Crippen LogP contribution in [0.25, 0.3) is 21.6 Å². The Kier molecular flexibility index (Phi) is 3.70. The van der Waals surface area contributed by atoms with E-state index < -0.39 is 0 Å². The number of nitrogens with one attached hydrogen (secondary N) is 1. The minimum absolute atomic E-state index is 0.0498. The van der Waals surface area contributed by atoms with E-state index in [9.17, 15) is 4.79 Å². The Morgan fingerprint density at radius 3 is 2.92 bits per heavy atom. The SMILES string of the molecule is C[C@@H](Oc1cc(-c2nccs2)cc2ncn(C3CC3)c12)[C@H]1CNC(=O)C1. The lowest BCUT2D eigenvalue weighted by molar-refractivity contribution is -0.119. The Morgan fingerprint density at radius 1 is 1.35 bits per heavy atom. The second-order valence-corrected chi connectivity index (χ2v) is 8.05. The highest BCUT2D eigenvalue weighted by Crippen LogP contribution is 2.41. The van der Waals surface area contributed by atoms with Crippen LogP contribution in [-0.4, -0.2) is 33.1 Å². The molecule has 7 heteroatoms. The third-order valence-corrected chi connectivity index (χ3v) is 6.06. The molecule has 0 spiro atoms. The number of imidazole rings is 1. The van der Waals surface area contributed by atoms with E-state index in [0.717, 1.165) is 27.4 Å². The lowest BCUT2D eigenvalue weighted by Gasteiger charge is -2.21. The number of rotatable bonds is 5. The van der Waals surface area contributed by atoms with Crippen LogP contribution in [0, 0.1) is 5.92 Å². The molecule has 2 aromatic heterocycles. The van der Waals surface area contributed by atoms with Crippen molar-refractivity contribution in [3.8, 4) is 16.3 Å². The van der Waals surface area contributed by atoms with Gasteiger partial charge in [-0.2, -0.15) is 0 Å². The van der Waals surface area contributed by atoms with Crippen LogP contribution >= 0.6 is 11.3 Å². The summed E-state index contributed by atoms with van der Waals surface area (Å²) in [5.41, 5.74) is 3.01. The zero-order valence-electron chi connectivity index (χ0n) is 14.5. The molecular formula is C19H20N4O2S. The molecular weight excluding hydrogens is 348 g/mol. The highest BCUT2D eigenvalue weighted by Gasteiger charge is 2.30. The fraction of sp³-hybridized carbons (Fsp3) is 0.421. The molecule has 1 saturated carbocycles. The van der Waals surface area contributed by atoms with Crippen LogP contribution in [-0.2, 0) is 4.79 Å². The Bertz CT molecular complexity index is 961. The monoisotopic (exact) mass is 368 g/mol. The molecule has 0 bridgehead atoms. The van der Waals surface area contributed by atoms with Crippen LogP contribution in [0.4, 0.5) is 0 Å². The number of nitrogens with zero attached hydrogens (tertiary/aromatic N) is 3. The maximum atomic E-state index is 11.6. The number of amides is 1. The number of aromatic nitrogens is 3. The third kappa shape index (κ3) is 2.76. The molecule has 1 N–H and O–H groups in total. The number of benzene rings is 1. The summed E-state index contributed by atoms with van der Waals surface area (Å²) in [6.07, 6.45) is 6.59. The molecule has 0 unspecified atom stereocenters. The van der Waals surface area contributed by atoms with Crippen molar-refractivity contribution in [2.75, 3.05) is 6.54 Å². The van der Waals surface area contributed by atoms with E-state index in [1.165, 1.54) is 12.8 Å². The molecule has 2 aliphatic rings. The summed E-state index contributed by atoms with van der Waals surface area (Å²) in [6, 6.07) is 4.69. The maximum absolute atomic E-state index is 11.6. The fourth-order valence-corrected chi connectivity index (χ4v) is 4.22. The zero-order valence-corrected chi connectivity index (χ0v) is 15.3. The van der Waals surface area contributed by atoms with Gasteiger partial charge in [0.05, 0.1) is 11.8 Å². The highest BCUT2D eigenvalue weighted by atomic mass is 32.1. The van der Waals surface area contributed by atoms with E-state index in [-0.39, 0.29) is 17.9 Å². The fourth-order valence-electron chi connectivity index (χ4n) is 3.60. The Balaban J connectivity index is 1.56. The summed E-state index contributed by atoms with van der Waals surface area (Å²) >= 11 is 1.61. The first kappa shape index (κ1) is 15.8. The Labute approximate surface area is 155 Å². The molecule has 2 atom stereocenters. The third-order valence-electron chi connectivity index (χ3n) is 5.24. The van der Waals surface area contributed by atoms with Crippen LogP contribution in [0.2, 0.25) is 0 Å². The van der Waals surface area contributed by atoms with Gasteiger partial charge in [-0.3, -0.25) is 4.79 Å². The topological polar surface area (TPSA) is 69.0 Å². The first-order valence-electron chi connectivity index (χ1n) is 9.03. The molecule has 1 aliphatic carbocycles. The number of fused-ring (bicyclic) bond motifs is 1. The largest absolute Gasteiger partial charge is 0.488 e. The van der Waals surface area contributed by atoms with Crippen molar-refractivity contribution < 1.29 is 9.53 Å². The Hall–Kier alpha value is -2.41. The Morgan fingerprint density at radius 2 is 2.23 bits per heavy atom. The maximum Gasteiger partial charge on any atom is 0.220 e. The number of ether oxygens (including phenoxy) is 1. The van der Waals surface area contributed by atoms with Gasteiger partial charge in [-0.25, -0.2) is 9.97 Å². The zero-order chi connectivity index (χ0) is 17.7. The van der Waals surface area contributed by atoms with Crippen LogP contribution in [0.5, 0.6) is 5.75 Å². The molecule has 6 nitrogen and oxygen atoms in total. The van der Waals surface area contributed by atoms with Gasteiger partial charge in [-0.1, -0.05) is 0 Å². The molecule has 3 aromatic rings. The van der Waals surface area contributed by atoms with Gasteiger partial charge in [0.25, 0.3) is 0 Å². The summed E-state index contributed by atoms with van der Waals surface area (Å²) in [7, 11) is 0. The van der Waals surface area contributed by atoms with E-state index in [2.05, 4.69) is 32.0 Å². The average molecular weight is 368 g/mol. The lowest BCUT2D eigenvalue weighted by Crippen LogP contribution is -2.25. The van der Waals surface area contributed by atoms with E-state index in [1.807, 2.05) is 24.8 Å². The van der Waals surface area contributed by atoms with Crippen LogP contribution in [0.3, 0.4) is 0 Å². The average Bonchev–Trinajstić information content (AvgIpc) is 3.06. The van der Waals surface area contributed by atoms with Crippen molar-refractivity contribution >= 4 is 28.3 Å². The van der Waals surface area contributed by atoms with Gasteiger partial charge in [0.15, 0.2) is 0 Å². The van der Waals surface area contributed by atoms with Gasteiger partial charge in [-0.05, 0) is 31.9 Å². The quantitative estimate of drug-likeness (QED) is 0.749. The molecule has 26 heavy (non-hydrogen) atoms. The predicted octanol–water partition coefficient (Wildman–Crippen LogP) is 3.40. The number of carbonyl (C=O) groups is 1. The number of hydrogen-bond donors (Lipinski definition) is 1. The van der Waals surface area contributed by atoms with E-state index in [1.54, 1.807) is 11.3 Å². The number of hydrogen-bond acceptors (Lipinski definition) is 5. The molecule has 2 fully saturated rings. The molecule has 1 aliphatic heterocycles. The normalized spacial score (nSPS) is 21.1. The molecule has 1 aromatic carbocycles. The smallest absolute Gasteiger partial charge is 0.220 e. The molecule has 3 heterocycles. The number of carbonyl (C=O) groups excluding carboxylic acids is 1. The molecule has 1 amide bonds. The van der Waals surface area contributed by atoms with Crippen molar-refractivity contribution in [2.45, 2.75) is 38.3 Å². The highest BCUT2D eigenvalue weighted by molar-refractivity contribution is 7.13. The lowest BCUT2D eigenvalue weighted by atomic mass is 10.0. The summed E-state index contributed by atoms with van der Waals surface area (Å²) in [4.78, 5) is 20.6. The summed E-state index contributed by atoms with van der Waals surface area (Å²) in [6.45, 7) is 2.72. The van der Waals surface area contributed by atoms with E-state index >= 15 is 0 Å². The number of thiazole rings is 1. The van der Waals surface area contributed by atoms with Crippen molar-refractivity contribution in [3.05, 3.63) is 30.0 Å². The standard InChI is InChI=1S/C19H20N4O2S/c1-11(13-8-17(24)21-9-13)25-16-7-12(19-20-4-5-26-19)6-15-18(16)23(10-22-15)14-2-3-14/h4-7,10-11,13-14H,2-3,8-9H2,1H3,(H,21,24)/t11-,13-/m1/s1. The van der Waals surface area contributed by atoms with Crippen molar-refractivity contribution in [1.82, 2.24) is 19.9 Å². The van der Waals surface area contributed by atoms with Gasteiger partial charge in [0.1, 0.15) is 22.4 Å². The van der Waals surface area contributed by atoms with E-state index in [4.69, 9.17) is 4.74 Å². The minimum atomic E-state index is -0.0498. The van der Waals surface area contributed by atoms with Crippen molar-refractivity contribution in [2.24, 2.45) is 5.92 Å².